The van der Waals surface area contributed by atoms with Crippen molar-refractivity contribution in [1.29, 1.82) is 0 Å². The molecule has 2 rings (SSSR count). The van der Waals surface area contributed by atoms with Crippen molar-refractivity contribution in [2.45, 2.75) is 25.7 Å². The van der Waals surface area contributed by atoms with Crippen LogP contribution in [0.3, 0.4) is 0 Å². The van der Waals surface area contributed by atoms with E-state index in [0.717, 1.165) is 26.1 Å². The number of hydrogen-bond donors (Lipinski definition) is 1. The van der Waals surface area contributed by atoms with Gasteiger partial charge in [-0.1, -0.05) is 6.07 Å². The van der Waals surface area contributed by atoms with Crippen LogP contribution in [0.15, 0.2) is 17.5 Å². The quantitative estimate of drug-likeness (QED) is 0.907. The lowest BCUT2D eigenvalue weighted by molar-refractivity contribution is -0.134. The molecule has 1 aromatic rings. The summed E-state index contributed by atoms with van der Waals surface area (Å²) in [4.78, 5) is 15.7. The molecule has 1 amide bonds. The Morgan fingerprint density at radius 1 is 1.67 bits per heavy atom. The molecule has 2 atom stereocenters. The Kier molecular flexibility index (Phi) is 4.78. The van der Waals surface area contributed by atoms with Crippen molar-refractivity contribution < 1.29 is 4.79 Å². The van der Waals surface area contributed by atoms with Gasteiger partial charge in [-0.15, -0.1) is 11.3 Å². The summed E-state index contributed by atoms with van der Waals surface area (Å²) in [5, 5.41) is 5.26. The molecule has 1 aliphatic rings. The van der Waals surface area contributed by atoms with Gasteiger partial charge in [0.1, 0.15) is 0 Å². The van der Waals surface area contributed by atoms with Gasteiger partial charge in [0, 0.05) is 18.0 Å². The summed E-state index contributed by atoms with van der Waals surface area (Å²) in [6.45, 7) is 4.87. The molecule has 0 spiro atoms. The molecule has 18 heavy (non-hydrogen) atoms. The molecule has 1 aromatic heterocycles. The molecule has 1 N–H and O–H groups in total. The van der Waals surface area contributed by atoms with Gasteiger partial charge in [0.2, 0.25) is 5.91 Å². The van der Waals surface area contributed by atoms with Crippen LogP contribution < -0.4 is 5.32 Å². The number of likely N-dealkylation sites (tertiary alicyclic amines) is 1. The minimum atomic E-state index is 0.0123. The molecule has 3 nitrogen and oxygen atoms in total. The fourth-order valence-electron chi connectivity index (χ4n) is 2.65. The third-order valence-electron chi connectivity index (χ3n) is 3.66. The van der Waals surface area contributed by atoms with E-state index < -0.39 is 0 Å². The zero-order chi connectivity index (χ0) is 13.0. The Hall–Kier alpha value is -0.870. The highest BCUT2D eigenvalue weighted by Gasteiger charge is 2.27. The normalized spacial score (nSPS) is 21.9. The number of hydrogen-bond acceptors (Lipinski definition) is 3. The van der Waals surface area contributed by atoms with Crippen LogP contribution in [0.1, 0.15) is 30.6 Å². The van der Waals surface area contributed by atoms with Crippen molar-refractivity contribution in [2.75, 3.05) is 26.7 Å². The monoisotopic (exact) mass is 266 g/mol. The fourth-order valence-corrected chi connectivity index (χ4v) is 3.43. The van der Waals surface area contributed by atoms with Crippen LogP contribution in [0.25, 0.3) is 0 Å². The highest BCUT2D eigenvalue weighted by molar-refractivity contribution is 7.10. The maximum absolute atomic E-state index is 12.5. The fraction of sp³-hybridized carbons (Fsp3) is 0.643. The molecular weight excluding hydrogens is 244 g/mol. The third kappa shape index (κ3) is 3.12. The van der Waals surface area contributed by atoms with Gasteiger partial charge in [-0.3, -0.25) is 4.79 Å². The Labute approximate surface area is 113 Å². The molecule has 0 saturated carbocycles. The molecule has 1 saturated heterocycles. The average Bonchev–Trinajstić information content (AvgIpc) is 2.91. The SMILES string of the molecule is CNCC1CCCN(C(=O)C(C)c2cccs2)C1. The molecule has 4 heteroatoms. The molecule has 1 fully saturated rings. The first-order valence-corrected chi connectivity index (χ1v) is 7.57. The van der Waals surface area contributed by atoms with Gasteiger partial charge in [0.15, 0.2) is 0 Å². The van der Waals surface area contributed by atoms with Crippen LogP contribution >= 0.6 is 11.3 Å². The number of amides is 1. The molecule has 2 heterocycles. The number of thiophene rings is 1. The first kappa shape index (κ1) is 13.6. The van der Waals surface area contributed by atoms with Gasteiger partial charge in [-0.05, 0) is 50.7 Å². The van der Waals surface area contributed by atoms with Gasteiger partial charge < -0.3 is 10.2 Å². The summed E-state index contributed by atoms with van der Waals surface area (Å²) in [5.41, 5.74) is 0. The van der Waals surface area contributed by atoms with E-state index in [0.29, 0.717) is 11.8 Å². The number of carbonyl (C=O) groups is 1. The molecule has 0 aliphatic carbocycles. The molecule has 0 radical (unpaired) electrons. The summed E-state index contributed by atoms with van der Waals surface area (Å²) >= 11 is 1.67. The van der Waals surface area contributed by atoms with Crippen LogP contribution in [0.5, 0.6) is 0 Å². The first-order valence-electron chi connectivity index (χ1n) is 6.69. The van der Waals surface area contributed by atoms with E-state index in [1.807, 2.05) is 25.4 Å². The van der Waals surface area contributed by atoms with Gasteiger partial charge in [-0.2, -0.15) is 0 Å². The minimum Gasteiger partial charge on any atom is -0.342 e. The highest BCUT2D eigenvalue weighted by Crippen LogP contribution is 2.25. The van der Waals surface area contributed by atoms with Gasteiger partial charge >= 0.3 is 0 Å². The van der Waals surface area contributed by atoms with Crippen LogP contribution in [0.2, 0.25) is 0 Å². The second-order valence-corrected chi connectivity index (χ2v) is 6.07. The number of piperidine rings is 1. The van der Waals surface area contributed by atoms with E-state index in [2.05, 4.69) is 16.3 Å². The Morgan fingerprint density at radius 2 is 2.50 bits per heavy atom. The number of rotatable bonds is 4. The van der Waals surface area contributed by atoms with E-state index in [-0.39, 0.29) is 5.92 Å². The van der Waals surface area contributed by atoms with E-state index in [4.69, 9.17) is 0 Å². The maximum atomic E-state index is 12.5. The smallest absolute Gasteiger partial charge is 0.230 e. The van der Waals surface area contributed by atoms with Gasteiger partial charge in [-0.25, -0.2) is 0 Å². The molecule has 2 unspecified atom stereocenters. The number of nitrogens with one attached hydrogen (secondary N) is 1. The van der Waals surface area contributed by atoms with Crippen molar-refractivity contribution in [3.63, 3.8) is 0 Å². The summed E-state index contributed by atoms with van der Waals surface area (Å²) in [6.07, 6.45) is 2.37. The van der Waals surface area contributed by atoms with Gasteiger partial charge in [0.05, 0.1) is 5.92 Å². The Balaban J connectivity index is 1.96. The summed E-state index contributed by atoms with van der Waals surface area (Å²) in [6, 6.07) is 4.08. The van der Waals surface area contributed by atoms with Crippen LogP contribution in [0, 0.1) is 5.92 Å². The predicted molar refractivity (Wildman–Crippen MR) is 76.0 cm³/mol. The second-order valence-electron chi connectivity index (χ2n) is 5.09. The molecular formula is C14H22N2OS. The van der Waals surface area contributed by atoms with E-state index >= 15 is 0 Å². The summed E-state index contributed by atoms with van der Waals surface area (Å²) in [5.74, 6) is 0.917. The second kappa shape index (κ2) is 6.34. The van der Waals surface area contributed by atoms with Crippen molar-refractivity contribution in [2.24, 2.45) is 5.92 Å². The van der Waals surface area contributed by atoms with Crippen molar-refractivity contribution in [3.05, 3.63) is 22.4 Å². The van der Waals surface area contributed by atoms with E-state index in [1.165, 1.54) is 11.3 Å². The summed E-state index contributed by atoms with van der Waals surface area (Å²) in [7, 11) is 1.98. The van der Waals surface area contributed by atoms with Crippen molar-refractivity contribution in [1.82, 2.24) is 10.2 Å². The lowest BCUT2D eigenvalue weighted by atomic mass is 9.96. The van der Waals surface area contributed by atoms with Crippen molar-refractivity contribution in [3.8, 4) is 0 Å². The van der Waals surface area contributed by atoms with E-state index in [1.54, 1.807) is 11.3 Å². The third-order valence-corrected chi connectivity index (χ3v) is 4.72. The molecule has 0 aromatic carbocycles. The lowest BCUT2D eigenvalue weighted by Crippen LogP contribution is -2.43. The van der Waals surface area contributed by atoms with Crippen LogP contribution in [0.4, 0.5) is 0 Å². The predicted octanol–water partition coefficient (Wildman–Crippen LogP) is 2.31. The highest BCUT2D eigenvalue weighted by atomic mass is 32.1. The van der Waals surface area contributed by atoms with Crippen molar-refractivity contribution >= 4 is 17.2 Å². The maximum Gasteiger partial charge on any atom is 0.230 e. The van der Waals surface area contributed by atoms with Crippen LogP contribution in [-0.4, -0.2) is 37.5 Å². The van der Waals surface area contributed by atoms with Gasteiger partial charge in [0.25, 0.3) is 0 Å². The molecule has 1 aliphatic heterocycles. The zero-order valence-electron chi connectivity index (χ0n) is 11.2. The molecule has 0 bridgehead atoms. The largest absolute Gasteiger partial charge is 0.342 e. The number of carbonyl (C=O) groups excluding carboxylic acids is 1. The Morgan fingerprint density at radius 3 is 3.17 bits per heavy atom. The van der Waals surface area contributed by atoms with E-state index in [9.17, 15) is 4.79 Å². The Bertz CT molecular complexity index is 375. The topological polar surface area (TPSA) is 32.3 Å². The standard InChI is InChI=1S/C14H22N2OS/c1-11(13-6-4-8-18-13)14(17)16-7-3-5-12(10-16)9-15-2/h4,6,8,11-12,15H,3,5,7,9-10H2,1-2H3. The minimum absolute atomic E-state index is 0.0123. The lowest BCUT2D eigenvalue weighted by Gasteiger charge is -2.34. The van der Waals surface area contributed by atoms with Crippen LogP contribution in [-0.2, 0) is 4.79 Å². The summed E-state index contributed by atoms with van der Waals surface area (Å²) < 4.78 is 0. The average molecular weight is 266 g/mol. The number of nitrogens with zero attached hydrogens (tertiary/aromatic N) is 1. The first-order chi connectivity index (χ1) is 8.72. The molecule has 100 valence electrons. The zero-order valence-corrected chi connectivity index (χ0v) is 12.0.